The number of piperidine rings is 1. The minimum atomic E-state index is 0.539. The van der Waals surface area contributed by atoms with Gasteiger partial charge in [-0.15, -0.1) is 0 Å². The summed E-state index contributed by atoms with van der Waals surface area (Å²) in [7, 11) is 6.24. The zero-order valence-corrected chi connectivity index (χ0v) is 17.1. The summed E-state index contributed by atoms with van der Waals surface area (Å²) in [5.41, 5.74) is 0. The van der Waals surface area contributed by atoms with E-state index in [-0.39, 0.29) is 0 Å². The van der Waals surface area contributed by atoms with Gasteiger partial charge in [-0.2, -0.15) is 0 Å². The Kier molecular flexibility index (Phi) is 9.67. The number of nitrogens with zero attached hydrogens (tertiary/aromatic N) is 3. The van der Waals surface area contributed by atoms with E-state index in [2.05, 4.69) is 67.2 Å². The van der Waals surface area contributed by atoms with E-state index in [1.165, 1.54) is 38.8 Å². The molecular weight excluding hydrogens is 298 g/mol. The van der Waals surface area contributed by atoms with Crippen molar-refractivity contribution in [2.24, 2.45) is 10.9 Å². The molecule has 1 heterocycles. The molecule has 1 saturated heterocycles. The first kappa shape index (κ1) is 21.2. The van der Waals surface area contributed by atoms with Gasteiger partial charge in [-0.05, 0) is 46.7 Å². The third kappa shape index (κ3) is 6.60. The molecule has 0 aromatic carbocycles. The standard InChI is InChI=1S/C19H41N5/c1-8-16(9-2)18(23(6)7)14-21-19(20-5)22-17-10-12-24(13-11-17)15(3)4/h15-18H,8-14H2,1-7H3,(H2,20,21,22). The number of likely N-dealkylation sites (N-methyl/N-ethyl adjacent to an activating group) is 1. The summed E-state index contributed by atoms with van der Waals surface area (Å²) in [6.45, 7) is 12.5. The van der Waals surface area contributed by atoms with Crippen LogP contribution in [0.15, 0.2) is 4.99 Å². The van der Waals surface area contributed by atoms with E-state index in [9.17, 15) is 0 Å². The van der Waals surface area contributed by atoms with E-state index in [0.29, 0.717) is 18.1 Å². The first-order valence-corrected chi connectivity index (χ1v) is 9.80. The van der Waals surface area contributed by atoms with Crippen LogP contribution in [0.5, 0.6) is 0 Å². The fourth-order valence-corrected chi connectivity index (χ4v) is 3.75. The zero-order chi connectivity index (χ0) is 18.1. The molecule has 0 spiro atoms. The molecule has 0 aromatic rings. The minimum Gasteiger partial charge on any atom is -0.355 e. The van der Waals surface area contributed by atoms with Gasteiger partial charge >= 0.3 is 0 Å². The number of aliphatic imine (C=N–C) groups is 1. The summed E-state index contributed by atoms with van der Waals surface area (Å²) in [6, 6.07) is 1.74. The Hall–Kier alpha value is -0.810. The van der Waals surface area contributed by atoms with Gasteiger partial charge in [0.1, 0.15) is 0 Å². The van der Waals surface area contributed by atoms with Gasteiger partial charge in [0.25, 0.3) is 0 Å². The highest BCUT2D eigenvalue weighted by molar-refractivity contribution is 5.80. The Morgan fingerprint density at radius 1 is 1.17 bits per heavy atom. The summed E-state index contributed by atoms with van der Waals surface area (Å²) in [5, 5.41) is 7.19. The van der Waals surface area contributed by atoms with Crippen molar-refractivity contribution in [2.45, 2.75) is 71.5 Å². The fraction of sp³-hybridized carbons (Fsp3) is 0.947. The fourth-order valence-electron chi connectivity index (χ4n) is 3.75. The monoisotopic (exact) mass is 339 g/mol. The van der Waals surface area contributed by atoms with Gasteiger partial charge in [0.05, 0.1) is 0 Å². The Bertz CT molecular complexity index is 355. The number of nitrogens with one attached hydrogen (secondary N) is 2. The molecule has 5 nitrogen and oxygen atoms in total. The number of hydrogen-bond donors (Lipinski definition) is 2. The summed E-state index contributed by atoms with van der Waals surface area (Å²) < 4.78 is 0. The number of hydrogen-bond acceptors (Lipinski definition) is 3. The van der Waals surface area contributed by atoms with Gasteiger partial charge in [-0.3, -0.25) is 4.99 Å². The molecular formula is C19H41N5. The van der Waals surface area contributed by atoms with Crippen LogP contribution in [-0.2, 0) is 0 Å². The van der Waals surface area contributed by atoms with Gasteiger partial charge in [-0.25, -0.2) is 0 Å². The van der Waals surface area contributed by atoms with Crippen LogP contribution in [-0.4, -0.2) is 74.7 Å². The smallest absolute Gasteiger partial charge is 0.191 e. The summed E-state index contributed by atoms with van der Waals surface area (Å²) in [4.78, 5) is 9.35. The lowest BCUT2D eigenvalue weighted by molar-refractivity contribution is 0.167. The first-order chi connectivity index (χ1) is 11.4. The van der Waals surface area contributed by atoms with E-state index >= 15 is 0 Å². The Balaban J connectivity index is 2.47. The third-order valence-corrected chi connectivity index (χ3v) is 5.56. The normalized spacial score (nSPS) is 19.3. The van der Waals surface area contributed by atoms with Crippen molar-refractivity contribution in [1.29, 1.82) is 0 Å². The lowest BCUT2D eigenvalue weighted by Gasteiger charge is -2.36. The number of likely N-dealkylation sites (tertiary alicyclic amines) is 1. The molecule has 0 amide bonds. The molecule has 1 atom stereocenters. The van der Waals surface area contributed by atoms with Crippen molar-refractivity contribution in [3.8, 4) is 0 Å². The van der Waals surface area contributed by atoms with Crippen LogP contribution >= 0.6 is 0 Å². The van der Waals surface area contributed by atoms with E-state index in [4.69, 9.17) is 0 Å². The molecule has 2 N–H and O–H groups in total. The van der Waals surface area contributed by atoms with E-state index in [1.54, 1.807) is 0 Å². The van der Waals surface area contributed by atoms with Crippen molar-refractivity contribution in [3.63, 3.8) is 0 Å². The lowest BCUT2D eigenvalue weighted by atomic mass is 9.93. The van der Waals surface area contributed by atoms with Gasteiger partial charge in [0, 0.05) is 44.8 Å². The molecule has 24 heavy (non-hydrogen) atoms. The molecule has 5 heteroatoms. The highest BCUT2D eigenvalue weighted by Crippen LogP contribution is 2.16. The molecule has 0 bridgehead atoms. The second-order valence-electron chi connectivity index (χ2n) is 7.61. The maximum absolute atomic E-state index is 4.44. The second-order valence-corrected chi connectivity index (χ2v) is 7.61. The van der Waals surface area contributed by atoms with Gasteiger partial charge < -0.3 is 20.4 Å². The summed E-state index contributed by atoms with van der Waals surface area (Å²) in [5.74, 6) is 1.68. The predicted octanol–water partition coefficient (Wildman–Crippen LogP) is 2.39. The van der Waals surface area contributed by atoms with Crippen LogP contribution in [0.25, 0.3) is 0 Å². The van der Waals surface area contributed by atoms with Gasteiger partial charge in [0.15, 0.2) is 5.96 Å². The quantitative estimate of drug-likeness (QED) is 0.526. The average molecular weight is 340 g/mol. The van der Waals surface area contributed by atoms with Crippen molar-refractivity contribution >= 4 is 5.96 Å². The van der Waals surface area contributed by atoms with E-state index in [1.807, 2.05) is 7.05 Å². The molecule has 0 saturated carbocycles. The Labute approximate surface area is 150 Å². The van der Waals surface area contributed by atoms with Crippen LogP contribution in [0.4, 0.5) is 0 Å². The largest absolute Gasteiger partial charge is 0.355 e. The Morgan fingerprint density at radius 2 is 1.75 bits per heavy atom. The first-order valence-electron chi connectivity index (χ1n) is 9.80. The topological polar surface area (TPSA) is 42.9 Å². The van der Waals surface area contributed by atoms with E-state index in [0.717, 1.165) is 18.4 Å². The highest BCUT2D eigenvalue weighted by Gasteiger charge is 2.23. The van der Waals surface area contributed by atoms with Crippen LogP contribution in [0.2, 0.25) is 0 Å². The number of guanidine groups is 1. The zero-order valence-electron chi connectivity index (χ0n) is 17.1. The third-order valence-electron chi connectivity index (χ3n) is 5.56. The molecule has 1 fully saturated rings. The van der Waals surface area contributed by atoms with E-state index < -0.39 is 0 Å². The van der Waals surface area contributed by atoms with Crippen molar-refractivity contribution in [1.82, 2.24) is 20.4 Å². The highest BCUT2D eigenvalue weighted by atomic mass is 15.2. The molecule has 0 radical (unpaired) electrons. The summed E-state index contributed by atoms with van der Waals surface area (Å²) in [6.07, 6.45) is 4.84. The molecule has 0 aliphatic carbocycles. The van der Waals surface area contributed by atoms with Crippen LogP contribution in [0.3, 0.4) is 0 Å². The van der Waals surface area contributed by atoms with Crippen LogP contribution < -0.4 is 10.6 Å². The summed E-state index contributed by atoms with van der Waals surface area (Å²) >= 11 is 0. The SMILES string of the molecule is CCC(CC)C(CNC(=NC)NC1CCN(C(C)C)CC1)N(C)C. The van der Waals surface area contributed by atoms with Crippen LogP contribution in [0.1, 0.15) is 53.4 Å². The molecule has 0 aromatic heterocycles. The van der Waals surface area contributed by atoms with Crippen molar-refractivity contribution in [3.05, 3.63) is 0 Å². The van der Waals surface area contributed by atoms with Gasteiger partial charge in [-0.1, -0.05) is 26.7 Å². The Morgan fingerprint density at radius 3 is 2.17 bits per heavy atom. The molecule has 1 aliphatic rings. The maximum Gasteiger partial charge on any atom is 0.191 e. The maximum atomic E-state index is 4.44. The van der Waals surface area contributed by atoms with Crippen LogP contribution in [0, 0.1) is 5.92 Å². The molecule has 1 aliphatic heterocycles. The second kappa shape index (κ2) is 10.9. The van der Waals surface area contributed by atoms with Crippen molar-refractivity contribution in [2.75, 3.05) is 40.8 Å². The predicted molar refractivity (Wildman–Crippen MR) is 106 cm³/mol. The lowest BCUT2D eigenvalue weighted by Crippen LogP contribution is -2.52. The molecule has 1 unspecified atom stereocenters. The van der Waals surface area contributed by atoms with Crippen molar-refractivity contribution < 1.29 is 0 Å². The molecule has 1 rings (SSSR count). The van der Waals surface area contributed by atoms with Gasteiger partial charge in [0.2, 0.25) is 0 Å². The average Bonchev–Trinajstić information content (AvgIpc) is 2.57. The molecule has 142 valence electrons. The minimum absolute atomic E-state index is 0.539. The number of rotatable bonds is 8.